The molecule has 0 bridgehead atoms. The first-order valence-corrected chi connectivity index (χ1v) is 9.68. The highest BCUT2D eigenvalue weighted by Gasteiger charge is 2.48. The molecular formula is C18H26N4O5. The lowest BCUT2D eigenvalue weighted by atomic mass is 9.86. The van der Waals surface area contributed by atoms with Crippen LogP contribution in [0.4, 0.5) is 9.59 Å². The number of imide groups is 3. The van der Waals surface area contributed by atoms with Crippen molar-refractivity contribution in [2.75, 3.05) is 6.54 Å². The van der Waals surface area contributed by atoms with Crippen molar-refractivity contribution < 1.29 is 24.0 Å². The molecule has 7 amide bonds. The van der Waals surface area contributed by atoms with Gasteiger partial charge in [0.2, 0.25) is 5.91 Å². The number of carbonyl (C=O) groups excluding carboxylic acids is 5. The molecule has 3 fully saturated rings. The van der Waals surface area contributed by atoms with E-state index in [1.807, 2.05) is 0 Å². The average Bonchev–Trinajstić information content (AvgIpc) is 3.20. The summed E-state index contributed by atoms with van der Waals surface area (Å²) in [5.41, 5.74) is 0. The maximum atomic E-state index is 12.4. The Bertz CT molecular complexity index is 658. The van der Waals surface area contributed by atoms with Crippen molar-refractivity contribution in [1.82, 2.24) is 20.4 Å². The molecule has 1 saturated heterocycles. The molecule has 27 heavy (non-hydrogen) atoms. The summed E-state index contributed by atoms with van der Waals surface area (Å²) in [5, 5.41) is 4.92. The van der Waals surface area contributed by atoms with E-state index in [1.54, 1.807) is 0 Å². The first-order chi connectivity index (χ1) is 12.9. The second-order valence-electron chi connectivity index (χ2n) is 7.68. The zero-order valence-electron chi connectivity index (χ0n) is 15.5. The van der Waals surface area contributed by atoms with Gasteiger partial charge in [-0.25, -0.2) is 14.5 Å². The number of nitrogens with one attached hydrogen (secondary N) is 2. The quantitative estimate of drug-likeness (QED) is 0.562. The summed E-state index contributed by atoms with van der Waals surface area (Å²) < 4.78 is 0. The summed E-state index contributed by atoms with van der Waals surface area (Å²) in [4.78, 5) is 62.4. The predicted octanol–water partition coefficient (Wildman–Crippen LogP) is 1.12. The third kappa shape index (κ3) is 4.12. The standard InChI is InChI=1S/C18H26N4O5/c1-11-6-2-5-9-13(11)19-17(26)20-14(23)10-21-15(24)16(25)22(18(21)27)12-7-3-4-8-12/h11-13H,2-10H2,1H3,(H2,19,20,23,26)/t11-,13-/m1/s1. The molecule has 9 nitrogen and oxygen atoms in total. The summed E-state index contributed by atoms with van der Waals surface area (Å²) in [6, 6.07) is -1.69. The van der Waals surface area contributed by atoms with Crippen LogP contribution in [-0.2, 0) is 14.4 Å². The molecule has 148 valence electrons. The minimum absolute atomic E-state index is 0.000960. The number of carbonyl (C=O) groups is 5. The van der Waals surface area contributed by atoms with Crippen molar-refractivity contribution in [3.63, 3.8) is 0 Å². The Morgan fingerprint density at radius 2 is 1.59 bits per heavy atom. The van der Waals surface area contributed by atoms with Crippen LogP contribution in [0.5, 0.6) is 0 Å². The van der Waals surface area contributed by atoms with Gasteiger partial charge in [0.25, 0.3) is 0 Å². The van der Waals surface area contributed by atoms with Gasteiger partial charge in [0, 0.05) is 12.1 Å². The zero-order chi connectivity index (χ0) is 19.6. The van der Waals surface area contributed by atoms with E-state index in [2.05, 4.69) is 17.6 Å². The molecule has 0 aromatic rings. The number of amides is 7. The van der Waals surface area contributed by atoms with E-state index in [4.69, 9.17) is 0 Å². The Morgan fingerprint density at radius 3 is 2.26 bits per heavy atom. The van der Waals surface area contributed by atoms with Crippen molar-refractivity contribution >= 4 is 29.8 Å². The first kappa shape index (κ1) is 19.3. The van der Waals surface area contributed by atoms with Gasteiger partial charge in [-0.15, -0.1) is 0 Å². The van der Waals surface area contributed by atoms with Gasteiger partial charge in [0.15, 0.2) is 0 Å². The lowest BCUT2D eigenvalue weighted by Gasteiger charge is -2.29. The Morgan fingerprint density at radius 1 is 0.963 bits per heavy atom. The largest absolute Gasteiger partial charge is 0.335 e. The van der Waals surface area contributed by atoms with Crippen molar-refractivity contribution in [3.05, 3.63) is 0 Å². The predicted molar refractivity (Wildman–Crippen MR) is 94.3 cm³/mol. The van der Waals surface area contributed by atoms with Crippen molar-refractivity contribution in [1.29, 1.82) is 0 Å². The van der Waals surface area contributed by atoms with Gasteiger partial charge in [-0.3, -0.25) is 24.6 Å². The number of nitrogens with zero attached hydrogens (tertiary/aromatic N) is 2. The average molecular weight is 378 g/mol. The van der Waals surface area contributed by atoms with Gasteiger partial charge in [-0.05, 0) is 31.6 Å². The molecule has 1 aliphatic heterocycles. The van der Waals surface area contributed by atoms with Crippen molar-refractivity contribution in [3.8, 4) is 0 Å². The zero-order valence-corrected chi connectivity index (χ0v) is 15.5. The van der Waals surface area contributed by atoms with E-state index in [9.17, 15) is 24.0 Å². The molecule has 0 spiro atoms. The number of hydrogen-bond acceptors (Lipinski definition) is 5. The van der Waals surface area contributed by atoms with Crippen LogP contribution in [0.2, 0.25) is 0 Å². The van der Waals surface area contributed by atoms with Gasteiger partial charge in [-0.1, -0.05) is 32.6 Å². The van der Waals surface area contributed by atoms with E-state index in [1.165, 1.54) is 0 Å². The molecule has 2 saturated carbocycles. The van der Waals surface area contributed by atoms with E-state index in [0.717, 1.165) is 43.4 Å². The fourth-order valence-electron chi connectivity index (χ4n) is 4.19. The summed E-state index contributed by atoms with van der Waals surface area (Å²) in [6.07, 6.45) is 7.18. The summed E-state index contributed by atoms with van der Waals surface area (Å²) in [5.74, 6) is -2.36. The van der Waals surface area contributed by atoms with Gasteiger partial charge >= 0.3 is 23.9 Å². The van der Waals surface area contributed by atoms with Crippen LogP contribution >= 0.6 is 0 Å². The van der Waals surface area contributed by atoms with E-state index in [0.29, 0.717) is 23.7 Å². The highest BCUT2D eigenvalue weighted by atomic mass is 16.2. The SMILES string of the molecule is C[C@@H]1CCCC[C@H]1NC(=O)NC(=O)CN1C(=O)C(=O)N(C2CCCC2)C1=O. The van der Waals surface area contributed by atoms with E-state index in [-0.39, 0.29) is 12.1 Å². The second kappa shape index (κ2) is 8.06. The molecule has 3 aliphatic rings. The van der Waals surface area contributed by atoms with Crippen molar-refractivity contribution in [2.45, 2.75) is 70.4 Å². The molecule has 0 aromatic heterocycles. The van der Waals surface area contributed by atoms with Crippen LogP contribution in [0.1, 0.15) is 58.3 Å². The van der Waals surface area contributed by atoms with Gasteiger partial charge in [0.1, 0.15) is 6.54 Å². The normalized spacial score (nSPS) is 26.6. The van der Waals surface area contributed by atoms with Crippen LogP contribution in [0.15, 0.2) is 0 Å². The number of rotatable bonds is 4. The van der Waals surface area contributed by atoms with Crippen molar-refractivity contribution in [2.24, 2.45) is 5.92 Å². The molecule has 2 atom stereocenters. The summed E-state index contributed by atoms with van der Waals surface area (Å²) in [7, 11) is 0. The Balaban J connectivity index is 1.53. The molecule has 2 aliphatic carbocycles. The fraction of sp³-hybridized carbons (Fsp3) is 0.722. The van der Waals surface area contributed by atoms with Crippen LogP contribution in [0.3, 0.4) is 0 Å². The second-order valence-corrected chi connectivity index (χ2v) is 7.68. The third-order valence-corrected chi connectivity index (χ3v) is 5.76. The highest BCUT2D eigenvalue weighted by Crippen LogP contribution is 2.27. The number of hydrogen-bond donors (Lipinski definition) is 2. The molecule has 1 heterocycles. The lowest BCUT2D eigenvalue weighted by molar-refractivity contribution is -0.144. The molecule has 0 unspecified atom stereocenters. The molecule has 9 heteroatoms. The first-order valence-electron chi connectivity index (χ1n) is 9.68. The summed E-state index contributed by atoms with van der Waals surface area (Å²) in [6.45, 7) is 1.41. The van der Waals surface area contributed by atoms with Gasteiger partial charge in [0.05, 0.1) is 0 Å². The molecule has 0 radical (unpaired) electrons. The van der Waals surface area contributed by atoms with E-state index < -0.39 is 36.3 Å². The minimum Gasteiger partial charge on any atom is -0.335 e. The molecule has 3 rings (SSSR count). The molecule has 2 N–H and O–H groups in total. The Hall–Kier alpha value is -2.45. The third-order valence-electron chi connectivity index (χ3n) is 5.76. The topological polar surface area (TPSA) is 116 Å². The van der Waals surface area contributed by atoms with Crippen LogP contribution in [0, 0.1) is 5.92 Å². The number of urea groups is 2. The maximum Gasteiger partial charge on any atom is 0.334 e. The fourth-order valence-corrected chi connectivity index (χ4v) is 4.19. The smallest absolute Gasteiger partial charge is 0.334 e. The maximum absolute atomic E-state index is 12.4. The Labute approximate surface area is 157 Å². The highest BCUT2D eigenvalue weighted by molar-refractivity contribution is 6.45. The van der Waals surface area contributed by atoms with Gasteiger partial charge < -0.3 is 5.32 Å². The molecule has 0 aromatic carbocycles. The molecular weight excluding hydrogens is 352 g/mol. The van der Waals surface area contributed by atoms with Crippen LogP contribution in [0.25, 0.3) is 0 Å². The Kier molecular flexibility index (Phi) is 5.76. The summed E-state index contributed by atoms with van der Waals surface area (Å²) >= 11 is 0. The van der Waals surface area contributed by atoms with Gasteiger partial charge in [-0.2, -0.15) is 0 Å². The lowest BCUT2D eigenvalue weighted by Crippen LogP contribution is -2.50. The van der Waals surface area contributed by atoms with Crippen LogP contribution < -0.4 is 10.6 Å². The minimum atomic E-state index is -1.01. The monoisotopic (exact) mass is 378 g/mol. The van der Waals surface area contributed by atoms with Crippen LogP contribution in [-0.4, -0.2) is 58.2 Å². The van der Waals surface area contributed by atoms with E-state index >= 15 is 0 Å².